The second kappa shape index (κ2) is 5.43. The average Bonchev–Trinajstić information content (AvgIpc) is 2.80. The Balaban J connectivity index is 1.93. The summed E-state index contributed by atoms with van der Waals surface area (Å²) in [6, 6.07) is 0. The third kappa shape index (κ3) is 2.20. The van der Waals surface area contributed by atoms with E-state index in [0.717, 1.165) is 19.4 Å². The maximum Gasteiger partial charge on any atom is 0.109 e. The first-order chi connectivity index (χ1) is 8.90. The topological polar surface area (TPSA) is 38.1 Å². The third-order valence-electron chi connectivity index (χ3n) is 4.56. The van der Waals surface area contributed by atoms with Crippen molar-refractivity contribution in [2.24, 2.45) is 0 Å². The Labute approximate surface area is 109 Å². The number of nitrogens with zero attached hydrogens (tertiary/aromatic N) is 2. The van der Waals surface area contributed by atoms with Crippen LogP contribution in [-0.4, -0.2) is 21.3 Å². The number of aromatic nitrogens is 2. The van der Waals surface area contributed by atoms with Crippen molar-refractivity contribution in [3.63, 3.8) is 0 Å². The highest BCUT2D eigenvalue weighted by molar-refractivity contribution is 5.23. The highest BCUT2D eigenvalue weighted by Gasteiger charge is 2.25. The molecular weight excluding hydrogens is 224 g/mol. The summed E-state index contributed by atoms with van der Waals surface area (Å²) in [5.41, 5.74) is 2.68. The van der Waals surface area contributed by atoms with Crippen molar-refractivity contribution < 1.29 is 5.11 Å². The molecule has 1 fully saturated rings. The lowest BCUT2D eigenvalue weighted by atomic mass is 9.86. The van der Waals surface area contributed by atoms with Gasteiger partial charge in [-0.3, -0.25) is 0 Å². The van der Waals surface area contributed by atoms with Gasteiger partial charge in [0.15, 0.2) is 0 Å². The second-order valence-corrected chi connectivity index (χ2v) is 5.78. The van der Waals surface area contributed by atoms with Crippen molar-refractivity contribution in [2.45, 2.75) is 70.3 Å². The molecule has 0 unspecified atom stereocenters. The first kappa shape index (κ1) is 12.2. The lowest BCUT2D eigenvalue weighted by Crippen LogP contribution is -2.14. The summed E-state index contributed by atoms with van der Waals surface area (Å²) in [4.78, 5) is 4.94. The Morgan fingerprint density at radius 1 is 1.11 bits per heavy atom. The van der Waals surface area contributed by atoms with Gasteiger partial charge in [0, 0.05) is 37.6 Å². The zero-order chi connectivity index (χ0) is 12.4. The quantitative estimate of drug-likeness (QED) is 0.893. The Bertz CT molecular complexity index is 405. The van der Waals surface area contributed by atoms with Crippen LogP contribution < -0.4 is 0 Å². The van der Waals surface area contributed by atoms with Crippen LogP contribution in [0.25, 0.3) is 0 Å². The number of aryl methyl sites for hydroxylation is 1. The lowest BCUT2D eigenvalue weighted by molar-refractivity contribution is 0.294. The van der Waals surface area contributed by atoms with Crippen molar-refractivity contribution in [1.82, 2.24) is 9.55 Å². The number of imidazole rings is 1. The van der Waals surface area contributed by atoms with Gasteiger partial charge < -0.3 is 9.67 Å². The Hall–Kier alpha value is -0.830. The molecule has 0 atom stereocenters. The summed E-state index contributed by atoms with van der Waals surface area (Å²) >= 11 is 0. The van der Waals surface area contributed by atoms with Crippen molar-refractivity contribution in [3.8, 4) is 0 Å². The van der Waals surface area contributed by atoms with Gasteiger partial charge in [0.1, 0.15) is 5.82 Å². The number of fused-ring (bicyclic) bond motifs is 1. The van der Waals surface area contributed by atoms with Crippen LogP contribution in [0.5, 0.6) is 0 Å². The molecular formula is C15H24N2O. The summed E-state index contributed by atoms with van der Waals surface area (Å²) in [5.74, 6) is 1.95. The summed E-state index contributed by atoms with van der Waals surface area (Å²) in [6.07, 6.45) is 11.2. The minimum Gasteiger partial charge on any atom is -0.396 e. The molecule has 18 heavy (non-hydrogen) atoms. The largest absolute Gasteiger partial charge is 0.396 e. The van der Waals surface area contributed by atoms with Crippen molar-refractivity contribution in [3.05, 3.63) is 17.2 Å². The van der Waals surface area contributed by atoms with Gasteiger partial charge in [-0.05, 0) is 25.7 Å². The molecule has 1 aromatic heterocycles. The van der Waals surface area contributed by atoms with Gasteiger partial charge in [0.25, 0.3) is 0 Å². The van der Waals surface area contributed by atoms with E-state index in [1.165, 1.54) is 62.2 Å². The van der Waals surface area contributed by atoms with E-state index in [1.54, 1.807) is 0 Å². The summed E-state index contributed by atoms with van der Waals surface area (Å²) in [5, 5.41) is 9.32. The van der Waals surface area contributed by atoms with Gasteiger partial charge in [-0.25, -0.2) is 4.98 Å². The van der Waals surface area contributed by atoms with E-state index in [2.05, 4.69) is 4.57 Å². The fourth-order valence-corrected chi connectivity index (χ4v) is 3.64. The predicted octanol–water partition coefficient (Wildman–Crippen LogP) is 2.80. The third-order valence-corrected chi connectivity index (χ3v) is 4.56. The Morgan fingerprint density at radius 3 is 2.72 bits per heavy atom. The zero-order valence-corrected chi connectivity index (χ0v) is 11.2. The predicted molar refractivity (Wildman–Crippen MR) is 71.8 cm³/mol. The Morgan fingerprint density at radius 2 is 1.94 bits per heavy atom. The molecule has 0 radical (unpaired) electrons. The molecule has 3 rings (SSSR count). The smallest absolute Gasteiger partial charge is 0.109 e. The molecule has 0 spiro atoms. The molecule has 2 heterocycles. The number of hydrogen-bond acceptors (Lipinski definition) is 2. The SMILES string of the molecule is OCCc1c(C2CCCCC2)nc2n1CCCC2. The number of hydrogen-bond donors (Lipinski definition) is 1. The molecule has 1 aliphatic heterocycles. The van der Waals surface area contributed by atoms with E-state index >= 15 is 0 Å². The highest BCUT2D eigenvalue weighted by Crippen LogP contribution is 2.35. The standard InChI is InChI=1S/C15H24N2O/c18-11-9-13-15(12-6-2-1-3-7-12)16-14-8-4-5-10-17(13)14/h12,18H,1-11H2. The number of rotatable bonds is 3. The van der Waals surface area contributed by atoms with Gasteiger partial charge in [-0.2, -0.15) is 0 Å². The second-order valence-electron chi connectivity index (χ2n) is 5.78. The van der Waals surface area contributed by atoms with E-state index in [1.807, 2.05) is 0 Å². The Kier molecular flexibility index (Phi) is 3.69. The van der Waals surface area contributed by atoms with Crippen LogP contribution in [-0.2, 0) is 19.4 Å². The minimum absolute atomic E-state index is 0.255. The number of aliphatic hydroxyl groups excluding tert-OH is 1. The molecule has 0 aromatic carbocycles. The van der Waals surface area contributed by atoms with Gasteiger partial charge >= 0.3 is 0 Å². The summed E-state index contributed by atoms with van der Waals surface area (Å²) < 4.78 is 2.41. The average molecular weight is 248 g/mol. The van der Waals surface area contributed by atoms with Crippen LogP contribution in [0.3, 0.4) is 0 Å². The lowest BCUT2D eigenvalue weighted by Gasteiger charge is -2.21. The normalized spacial score (nSPS) is 20.9. The monoisotopic (exact) mass is 248 g/mol. The van der Waals surface area contributed by atoms with Crippen LogP contribution in [0.2, 0.25) is 0 Å². The molecule has 3 heteroatoms. The zero-order valence-electron chi connectivity index (χ0n) is 11.2. The molecule has 0 amide bonds. The van der Waals surface area contributed by atoms with Crippen LogP contribution in [0, 0.1) is 0 Å². The first-order valence-corrected chi connectivity index (χ1v) is 7.59. The molecule has 1 saturated carbocycles. The number of aliphatic hydroxyl groups is 1. The van der Waals surface area contributed by atoms with Crippen molar-refractivity contribution >= 4 is 0 Å². The molecule has 100 valence electrons. The van der Waals surface area contributed by atoms with E-state index < -0.39 is 0 Å². The van der Waals surface area contributed by atoms with E-state index in [9.17, 15) is 5.11 Å². The van der Waals surface area contributed by atoms with Crippen LogP contribution in [0.15, 0.2) is 0 Å². The molecule has 3 nitrogen and oxygen atoms in total. The molecule has 1 aromatic rings. The minimum atomic E-state index is 0.255. The van der Waals surface area contributed by atoms with Gasteiger partial charge in [0.05, 0.1) is 5.69 Å². The molecule has 2 aliphatic rings. The van der Waals surface area contributed by atoms with Crippen LogP contribution in [0.4, 0.5) is 0 Å². The van der Waals surface area contributed by atoms with Gasteiger partial charge in [-0.15, -0.1) is 0 Å². The maximum atomic E-state index is 9.32. The van der Waals surface area contributed by atoms with E-state index in [0.29, 0.717) is 5.92 Å². The first-order valence-electron chi connectivity index (χ1n) is 7.59. The molecule has 0 saturated heterocycles. The highest BCUT2D eigenvalue weighted by atomic mass is 16.3. The molecule has 1 N–H and O–H groups in total. The van der Waals surface area contributed by atoms with Crippen molar-refractivity contribution in [2.75, 3.05) is 6.61 Å². The van der Waals surface area contributed by atoms with Crippen LogP contribution >= 0.6 is 0 Å². The summed E-state index contributed by atoms with van der Waals surface area (Å²) in [6.45, 7) is 1.37. The van der Waals surface area contributed by atoms with Crippen LogP contribution in [0.1, 0.15) is 68.1 Å². The van der Waals surface area contributed by atoms with Gasteiger partial charge in [0.2, 0.25) is 0 Å². The van der Waals surface area contributed by atoms with Crippen molar-refractivity contribution in [1.29, 1.82) is 0 Å². The maximum absolute atomic E-state index is 9.32. The fraction of sp³-hybridized carbons (Fsp3) is 0.800. The molecule has 1 aliphatic carbocycles. The molecule has 0 bridgehead atoms. The summed E-state index contributed by atoms with van der Waals surface area (Å²) in [7, 11) is 0. The van der Waals surface area contributed by atoms with E-state index in [4.69, 9.17) is 4.98 Å². The van der Waals surface area contributed by atoms with Gasteiger partial charge in [-0.1, -0.05) is 19.3 Å². The fourth-order valence-electron chi connectivity index (χ4n) is 3.64. The van der Waals surface area contributed by atoms with E-state index in [-0.39, 0.29) is 6.61 Å².